The zero-order valence-corrected chi connectivity index (χ0v) is 16.4. The van der Waals surface area contributed by atoms with Crippen LogP contribution in [0.4, 0.5) is 8.78 Å². The van der Waals surface area contributed by atoms with Gasteiger partial charge in [0.05, 0.1) is 11.4 Å². The quantitative estimate of drug-likeness (QED) is 0.632. The Bertz CT molecular complexity index is 1160. The lowest BCUT2D eigenvalue weighted by Gasteiger charge is -2.20. The summed E-state index contributed by atoms with van der Waals surface area (Å²) in [4.78, 5) is 25.5. The van der Waals surface area contributed by atoms with Crippen LogP contribution in [0.15, 0.2) is 36.4 Å². The lowest BCUT2D eigenvalue weighted by molar-refractivity contribution is -0.140. The van der Waals surface area contributed by atoms with E-state index in [1.807, 2.05) is 0 Å². The Balaban J connectivity index is 2.00. The number of phenols is 1. The Morgan fingerprint density at radius 1 is 1.13 bits per heavy atom. The summed E-state index contributed by atoms with van der Waals surface area (Å²) >= 11 is 0. The van der Waals surface area contributed by atoms with Crippen molar-refractivity contribution >= 4 is 22.8 Å². The summed E-state index contributed by atoms with van der Waals surface area (Å²) in [6.45, 7) is 1.60. The van der Waals surface area contributed by atoms with Gasteiger partial charge in [0, 0.05) is 22.7 Å². The number of aliphatic carboxylic acids is 1. The van der Waals surface area contributed by atoms with E-state index in [1.54, 1.807) is 6.92 Å². The first-order valence-corrected chi connectivity index (χ1v) is 9.86. The van der Waals surface area contributed by atoms with Crippen molar-refractivity contribution in [2.45, 2.75) is 38.5 Å². The van der Waals surface area contributed by atoms with Crippen LogP contribution in [0.1, 0.15) is 53.2 Å². The highest BCUT2D eigenvalue weighted by atomic mass is 19.1. The van der Waals surface area contributed by atoms with Crippen LogP contribution in [0.25, 0.3) is 10.9 Å². The summed E-state index contributed by atoms with van der Waals surface area (Å²) in [7, 11) is 0. The van der Waals surface area contributed by atoms with E-state index in [0.717, 1.165) is 37.8 Å². The molecule has 1 atom stereocenters. The summed E-state index contributed by atoms with van der Waals surface area (Å²) < 4.78 is 29.1. The zero-order chi connectivity index (χ0) is 21.6. The van der Waals surface area contributed by atoms with E-state index in [-0.39, 0.29) is 17.0 Å². The standard InChI is InChI=1S/C23H21F2NO4/c1-12-20(21(23(29)30)13-5-2-3-6-13)16-10-19(27)17(25)11-18(16)26(12)22(28)14-7-4-8-15(24)9-14/h4,7-11,13,21,27H,2-3,5-6H2,1H3,(H,29,30). The van der Waals surface area contributed by atoms with Crippen LogP contribution in [0, 0.1) is 24.5 Å². The van der Waals surface area contributed by atoms with Gasteiger partial charge in [0.15, 0.2) is 11.6 Å². The fourth-order valence-corrected chi connectivity index (χ4v) is 4.70. The minimum absolute atomic E-state index is 0.0581. The average Bonchev–Trinajstić information content (AvgIpc) is 3.30. The molecule has 7 heteroatoms. The summed E-state index contributed by atoms with van der Waals surface area (Å²) in [5.74, 6) is -4.75. The van der Waals surface area contributed by atoms with Gasteiger partial charge in [-0.25, -0.2) is 8.78 Å². The molecule has 156 valence electrons. The molecule has 1 aliphatic rings. The highest BCUT2D eigenvalue weighted by molar-refractivity contribution is 6.05. The zero-order valence-electron chi connectivity index (χ0n) is 16.4. The van der Waals surface area contributed by atoms with E-state index >= 15 is 0 Å². The summed E-state index contributed by atoms with van der Waals surface area (Å²) in [5.41, 5.74) is 0.951. The molecule has 0 bridgehead atoms. The van der Waals surface area contributed by atoms with Crippen LogP contribution < -0.4 is 0 Å². The van der Waals surface area contributed by atoms with Crippen LogP contribution >= 0.6 is 0 Å². The van der Waals surface area contributed by atoms with Crippen molar-refractivity contribution in [3.05, 3.63) is 64.9 Å². The number of hydrogen-bond acceptors (Lipinski definition) is 3. The third-order valence-corrected chi connectivity index (χ3v) is 6.04. The molecule has 4 rings (SSSR count). The van der Waals surface area contributed by atoms with Gasteiger partial charge in [-0.05, 0) is 55.5 Å². The van der Waals surface area contributed by atoms with Gasteiger partial charge in [-0.15, -0.1) is 0 Å². The highest BCUT2D eigenvalue weighted by Crippen LogP contribution is 2.43. The second-order valence-corrected chi connectivity index (χ2v) is 7.83. The number of benzene rings is 2. The molecule has 1 saturated carbocycles. The number of halogens is 2. The number of aromatic nitrogens is 1. The van der Waals surface area contributed by atoms with Gasteiger partial charge >= 0.3 is 5.97 Å². The number of carboxylic acid groups (broad SMARTS) is 1. The Morgan fingerprint density at radius 3 is 2.47 bits per heavy atom. The van der Waals surface area contributed by atoms with Crippen molar-refractivity contribution in [2.24, 2.45) is 5.92 Å². The summed E-state index contributed by atoms with van der Waals surface area (Å²) in [6, 6.07) is 7.32. The average molecular weight is 413 g/mol. The Labute approximate surface area is 171 Å². The lowest BCUT2D eigenvalue weighted by Crippen LogP contribution is -2.21. The number of hydrogen-bond donors (Lipinski definition) is 2. The SMILES string of the molecule is Cc1c(C(C(=O)O)C2CCCC2)c2cc(O)c(F)cc2n1C(=O)c1cccc(F)c1. The van der Waals surface area contributed by atoms with Crippen molar-refractivity contribution in [3.8, 4) is 5.75 Å². The van der Waals surface area contributed by atoms with Gasteiger partial charge in [-0.2, -0.15) is 0 Å². The van der Waals surface area contributed by atoms with Crippen LogP contribution in [0.3, 0.4) is 0 Å². The molecule has 2 aromatic carbocycles. The van der Waals surface area contributed by atoms with E-state index in [1.165, 1.54) is 28.8 Å². The van der Waals surface area contributed by atoms with Crippen LogP contribution in [-0.4, -0.2) is 26.7 Å². The number of fused-ring (bicyclic) bond motifs is 1. The molecule has 1 aliphatic carbocycles. The van der Waals surface area contributed by atoms with E-state index in [4.69, 9.17) is 0 Å². The predicted molar refractivity (Wildman–Crippen MR) is 107 cm³/mol. The van der Waals surface area contributed by atoms with Crippen molar-refractivity contribution in [1.29, 1.82) is 0 Å². The Hall–Kier alpha value is -3.22. The molecule has 0 aliphatic heterocycles. The molecule has 1 unspecified atom stereocenters. The van der Waals surface area contributed by atoms with Crippen molar-refractivity contribution in [1.82, 2.24) is 4.57 Å². The number of carbonyl (C=O) groups is 2. The smallest absolute Gasteiger partial charge is 0.311 e. The van der Waals surface area contributed by atoms with Gasteiger partial charge in [0.25, 0.3) is 5.91 Å². The van der Waals surface area contributed by atoms with E-state index in [9.17, 15) is 28.6 Å². The van der Waals surface area contributed by atoms with Gasteiger partial charge in [-0.1, -0.05) is 18.9 Å². The molecule has 1 aromatic heterocycles. The molecular formula is C23H21F2NO4. The van der Waals surface area contributed by atoms with Crippen molar-refractivity contribution in [3.63, 3.8) is 0 Å². The third-order valence-electron chi connectivity index (χ3n) is 6.04. The van der Waals surface area contributed by atoms with E-state index in [2.05, 4.69) is 0 Å². The van der Waals surface area contributed by atoms with Crippen molar-refractivity contribution in [2.75, 3.05) is 0 Å². The van der Waals surface area contributed by atoms with Gasteiger partial charge in [-0.3, -0.25) is 14.2 Å². The summed E-state index contributed by atoms with van der Waals surface area (Å²) in [5, 5.41) is 20.3. The second kappa shape index (κ2) is 7.55. The molecule has 2 N–H and O–H groups in total. The third kappa shape index (κ3) is 3.24. The van der Waals surface area contributed by atoms with Gasteiger partial charge in [0.1, 0.15) is 5.82 Å². The maximum absolute atomic E-state index is 14.2. The molecule has 3 aromatic rings. The minimum atomic E-state index is -1.02. The lowest BCUT2D eigenvalue weighted by atomic mass is 9.83. The number of carbonyl (C=O) groups excluding carboxylic acids is 1. The van der Waals surface area contributed by atoms with Crippen LogP contribution in [0.5, 0.6) is 5.75 Å². The molecule has 0 spiro atoms. The topological polar surface area (TPSA) is 79.5 Å². The maximum atomic E-state index is 14.2. The molecule has 1 heterocycles. The number of carboxylic acids is 1. The molecule has 0 radical (unpaired) electrons. The first kappa shape index (κ1) is 20.1. The molecule has 5 nitrogen and oxygen atoms in total. The first-order valence-electron chi connectivity index (χ1n) is 9.86. The predicted octanol–water partition coefficient (Wildman–Crippen LogP) is 4.98. The Kier molecular flexibility index (Phi) is 5.05. The Morgan fingerprint density at radius 2 is 1.83 bits per heavy atom. The van der Waals surface area contributed by atoms with Crippen LogP contribution in [0.2, 0.25) is 0 Å². The van der Waals surface area contributed by atoms with E-state index in [0.29, 0.717) is 16.6 Å². The fourth-order valence-electron chi connectivity index (χ4n) is 4.70. The fraction of sp³-hybridized carbons (Fsp3) is 0.304. The number of rotatable bonds is 4. The van der Waals surface area contributed by atoms with E-state index < -0.39 is 35.2 Å². The molecule has 0 saturated heterocycles. The number of nitrogens with zero attached hydrogens (tertiary/aromatic N) is 1. The molecule has 0 amide bonds. The second-order valence-electron chi connectivity index (χ2n) is 7.83. The number of phenolic OH excluding ortho intramolecular Hbond substituents is 1. The highest BCUT2D eigenvalue weighted by Gasteiger charge is 2.37. The largest absolute Gasteiger partial charge is 0.505 e. The number of aromatic hydroxyl groups is 1. The molecular weight excluding hydrogens is 392 g/mol. The molecule has 30 heavy (non-hydrogen) atoms. The van der Waals surface area contributed by atoms with Crippen molar-refractivity contribution < 1.29 is 28.6 Å². The monoisotopic (exact) mass is 413 g/mol. The van der Waals surface area contributed by atoms with Gasteiger partial charge in [0.2, 0.25) is 0 Å². The van der Waals surface area contributed by atoms with Crippen LogP contribution in [-0.2, 0) is 4.79 Å². The normalized spacial score (nSPS) is 15.6. The van der Waals surface area contributed by atoms with Gasteiger partial charge < -0.3 is 10.2 Å². The first-order chi connectivity index (χ1) is 14.3. The maximum Gasteiger partial charge on any atom is 0.311 e. The summed E-state index contributed by atoms with van der Waals surface area (Å²) in [6.07, 6.45) is 3.34. The molecule has 1 fully saturated rings. The minimum Gasteiger partial charge on any atom is -0.505 e.